The lowest BCUT2D eigenvalue weighted by atomic mass is 9.85. The lowest BCUT2D eigenvalue weighted by molar-refractivity contribution is -0.147. The first-order valence-corrected chi connectivity index (χ1v) is 8.22. The van der Waals surface area contributed by atoms with Crippen LogP contribution in [0.15, 0.2) is 47.6 Å². The van der Waals surface area contributed by atoms with Crippen LogP contribution >= 0.6 is 0 Å². The van der Waals surface area contributed by atoms with E-state index in [9.17, 15) is 14.7 Å². The van der Waals surface area contributed by atoms with Crippen LogP contribution in [0.3, 0.4) is 0 Å². The Morgan fingerprint density at radius 3 is 2.80 bits per heavy atom. The van der Waals surface area contributed by atoms with Crippen molar-refractivity contribution in [3.63, 3.8) is 0 Å². The Labute approximate surface area is 147 Å². The van der Waals surface area contributed by atoms with Gasteiger partial charge in [-0.3, -0.25) is 0 Å². The fourth-order valence-electron chi connectivity index (χ4n) is 3.06. The Balaban J connectivity index is 2.38. The molecule has 0 unspecified atom stereocenters. The monoisotopic (exact) mass is 348 g/mol. The van der Waals surface area contributed by atoms with Crippen molar-refractivity contribution >= 4 is 11.9 Å². The van der Waals surface area contributed by atoms with Crippen molar-refractivity contribution in [3.8, 4) is 0 Å². The maximum absolute atomic E-state index is 12.1. The van der Waals surface area contributed by atoms with Crippen molar-refractivity contribution in [1.82, 2.24) is 0 Å². The molecule has 0 saturated carbocycles. The highest BCUT2D eigenvalue weighted by molar-refractivity contribution is 5.92. The summed E-state index contributed by atoms with van der Waals surface area (Å²) >= 11 is 0. The molecule has 25 heavy (non-hydrogen) atoms. The normalized spacial score (nSPS) is 31.1. The first kappa shape index (κ1) is 19.1. The van der Waals surface area contributed by atoms with E-state index in [1.165, 1.54) is 0 Å². The number of hydrogen-bond acceptors (Lipinski definition) is 6. The molecule has 1 aliphatic carbocycles. The number of aliphatic hydroxyl groups excluding tert-OH is 2. The number of ether oxygens (including phenoxy) is 2. The topological polar surface area (TPSA) is 93.1 Å². The number of hydrogen-bond donors (Lipinski definition) is 2. The van der Waals surface area contributed by atoms with Crippen molar-refractivity contribution in [2.45, 2.75) is 38.4 Å². The Hall–Kier alpha value is -2.18. The van der Waals surface area contributed by atoms with Crippen LogP contribution < -0.4 is 0 Å². The van der Waals surface area contributed by atoms with Gasteiger partial charge in [0.2, 0.25) is 0 Å². The average Bonchev–Trinajstić information content (AvgIpc) is 2.86. The van der Waals surface area contributed by atoms with Gasteiger partial charge in [0.1, 0.15) is 12.2 Å². The van der Waals surface area contributed by atoms with Gasteiger partial charge in [-0.1, -0.05) is 24.8 Å². The molecule has 1 heterocycles. The summed E-state index contributed by atoms with van der Waals surface area (Å²) in [6.45, 7) is 8.55. The van der Waals surface area contributed by atoms with Gasteiger partial charge in [0.15, 0.2) is 0 Å². The van der Waals surface area contributed by atoms with Gasteiger partial charge in [0, 0.05) is 12.0 Å². The summed E-state index contributed by atoms with van der Waals surface area (Å²) in [7, 11) is 0. The molecule has 6 heteroatoms. The molecule has 1 fully saturated rings. The molecule has 1 saturated heterocycles. The van der Waals surface area contributed by atoms with Crippen LogP contribution in [0.1, 0.15) is 26.2 Å². The van der Waals surface area contributed by atoms with E-state index in [0.29, 0.717) is 12.8 Å². The van der Waals surface area contributed by atoms with Gasteiger partial charge in [-0.15, -0.1) is 0 Å². The Bertz CT molecular complexity index is 642. The van der Waals surface area contributed by atoms with Crippen molar-refractivity contribution in [3.05, 3.63) is 47.6 Å². The zero-order valence-electron chi connectivity index (χ0n) is 14.4. The third-order valence-corrected chi connectivity index (χ3v) is 4.48. The number of rotatable bonds is 4. The minimum absolute atomic E-state index is 0.0577. The summed E-state index contributed by atoms with van der Waals surface area (Å²) in [6, 6.07) is 0. The zero-order chi connectivity index (χ0) is 18.6. The van der Waals surface area contributed by atoms with E-state index in [1.54, 1.807) is 6.08 Å². The molecule has 0 aromatic rings. The van der Waals surface area contributed by atoms with E-state index in [-0.39, 0.29) is 17.8 Å². The van der Waals surface area contributed by atoms with Crippen molar-refractivity contribution in [2.24, 2.45) is 5.92 Å². The molecule has 1 aliphatic heterocycles. The van der Waals surface area contributed by atoms with Crippen LogP contribution in [0, 0.1) is 5.92 Å². The van der Waals surface area contributed by atoms with Crippen molar-refractivity contribution in [2.75, 3.05) is 13.2 Å². The lowest BCUT2D eigenvalue weighted by Crippen LogP contribution is -2.34. The maximum atomic E-state index is 12.1. The lowest BCUT2D eigenvalue weighted by Gasteiger charge is -2.27. The summed E-state index contributed by atoms with van der Waals surface area (Å²) in [5, 5.41) is 18.6. The van der Waals surface area contributed by atoms with Crippen LogP contribution in [0.25, 0.3) is 0 Å². The molecule has 0 bridgehead atoms. The summed E-state index contributed by atoms with van der Waals surface area (Å²) in [4.78, 5) is 24.1. The molecule has 0 aromatic carbocycles. The van der Waals surface area contributed by atoms with Gasteiger partial charge in [-0.05, 0) is 31.4 Å². The van der Waals surface area contributed by atoms with Crippen LogP contribution in [0.4, 0.5) is 0 Å². The second kappa shape index (κ2) is 8.27. The minimum atomic E-state index is -0.713. The zero-order valence-corrected chi connectivity index (χ0v) is 14.4. The fraction of sp³-hybridized carbons (Fsp3) is 0.474. The average molecular weight is 348 g/mol. The van der Waals surface area contributed by atoms with Gasteiger partial charge in [0.25, 0.3) is 0 Å². The van der Waals surface area contributed by atoms with Crippen LogP contribution in [-0.4, -0.2) is 47.6 Å². The molecule has 0 spiro atoms. The summed E-state index contributed by atoms with van der Waals surface area (Å²) in [5.41, 5.74) is 1.93. The maximum Gasteiger partial charge on any atom is 0.336 e. The number of aliphatic hydroxyl groups is 2. The van der Waals surface area contributed by atoms with Crippen molar-refractivity contribution in [1.29, 1.82) is 0 Å². The number of fused-ring (bicyclic) bond motifs is 1. The largest absolute Gasteiger partial charge is 0.458 e. The highest BCUT2D eigenvalue weighted by atomic mass is 16.6. The van der Waals surface area contributed by atoms with E-state index in [0.717, 1.165) is 17.6 Å². The number of carbonyl (C=O) groups is 2. The van der Waals surface area contributed by atoms with E-state index >= 15 is 0 Å². The Morgan fingerprint density at radius 2 is 2.16 bits per heavy atom. The summed E-state index contributed by atoms with van der Waals surface area (Å²) < 4.78 is 10.9. The molecule has 0 radical (unpaired) electrons. The van der Waals surface area contributed by atoms with Gasteiger partial charge < -0.3 is 19.7 Å². The third-order valence-electron chi connectivity index (χ3n) is 4.48. The van der Waals surface area contributed by atoms with E-state index in [4.69, 9.17) is 14.6 Å². The molecule has 0 amide bonds. The van der Waals surface area contributed by atoms with Gasteiger partial charge in [-0.25, -0.2) is 9.59 Å². The number of carbonyl (C=O) groups excluding carboxylic acids is 2. The molecule has 136 valence electrons. The second-order valence-corrected chi connectivity index (χ2v) is 6.40. The molecule has 2 rings (SSSR count). The Kier molecular flexibility index (Phi) is 6.33. The first-order chi connectivity index (χ1) is 11.9. The predicted octanol–water partition coefficient (Wildman–Crippen LogP) is 1.59. The summed E-state index contributed by atoms with van der Waals surface area (Å²) in [6.07, 6.45) is 4.23. The Morgan fingerprint density at radius 1 is 1.44 bits per heavy atom. The van der Waals surface area contributed by atoms with E-state index in [1.807, 2.05) is 13.0 Å². The molecule has 3 atom stereocenters. The minimum Gasteiger partial charge on any atom is -0.458 e. The molecular formula is C19H24O6. The third kappa shape index (κ3) is 4.46. The molecular weight excluding hydrogens is 324 g/mol. The molecule has 2 N–H and O–H groups in total. The number of esters is 2. The highest BCUT2D eigenvalue weighted by Gasteiger charge is 2.44. The first-order valence-electron chi connectivity index (χ1n) is 8.22. The highest BCUT2D eigenvalue weighted by Crippen LogP contribution is 2.36. The smallest absolute Gasteiger partial charge is 0.336 e. The fourth-order valence-corrected chi connectivity index (χ4v) is 3.06. The van der Waals surface area contributed by atoms with Crippen LogP contribution in [0.5, 0.6) is 0 Å². The number of allylic oxidation sites excluding steroid dienone is 1. The van der Waals surface area contributed by atoms with Gasteiger partial charge in [0.05, 0.1) is 24.7 Å². The van der Waals surface area contributed by atoms with Crippen molar-refractivity contribution < 1.29 is 29.3 Å². The molecule has 6 nitrogen and oxygen atoms in total. The van der Waals surface area contributed by atoms with Gasteiger partial charge >= 0.3 is 11.9 Å². The molecule has 2 aliphatic rings. The predicted molar refractivity (Wildman–Crippen MR) is 91.4 cm³/mol. The van der Waals surface area contributed by atoms with Crippen LogP contribution in [0.2, 0.25) is 0 Å². The molecule has 0 aromatic heterocycles. The standard InChI is InChI=1S/C19H24O6/c1-11-5-4-6-14(10-21)8-16-17(13(3)19(23)25-16)15(7-11)24-18(22)12(2)9-20/h5,8,15-17,20-21H,2-4,6-7,9-10H2,1H3/b11-5-,14-8-/t15-,16-,17+/m1/s1. The van der Waals surface area contributed by atoms with Gasteiger partial charge in [-0.2, -0.15) is 0 Å². The summed E-state index contributed by atoms with van der Waals surface area (Å²) in [5.74, 6) is -1.80. The van der Waals surface area contributed by atoms with E-state index in [2.05, 4.69) is 13.2 Å². The quantitative estimate of drug-likeness (QED) is 0.455. The van der Waals surface area contributed by atoms with E-state index < -0.39 is 36.7 Å². The second-order valence-electron chi connectivity index (χ2n) is 6.40. The SMILES string of the molecule is C=C(CO)C(=O)O[C@@H]1C/C(C)=C\CC/C(CO)=C/[C@H]2OC(=O)C(=C)[C@H]21. The van der Waals surface area contributed by atoms with Crippen LogP contribution in [-0.2, 0) is 19.1 Å².